The lowest BCUT2D eigenvalue weighted by Crippen LogP contribution is -2.40. The SMILES string of the molecule is COCC(CO)NS(=O)(=O)c1ccc(OC(C)C)c(C)c1. The number of hydrogen-bond donors (Lipinski definition) is 2. The van der Waals surface area contributed by atoms with Crippen molar-refractivity contribution in [1.82, 2.24) is 4.72 Å². The van der Waals surface area contributed by atoms with Gasteiger partial charge in [-0.3, -0.25) is 0 Å². The molecule has 1 aromatic carbocycles. The monoisotopic (exact) mass is 317 g/mol. The van der Waals surface area contributed by atoms with Crippen LogP contribution in [0.5, 0.6) is 5.75 Å². The van der Waals surface area contributed by atoms with Gasteiger partial charge in [0.05, 0.1) is 30.3 Å². The normalized spacial score (nSPS) is 13.4. The molecule has 6 nitrogen and oxygen atoms in total. The summed E-state index contributed by atoms with van der Waals surface area (Å²) in [7, 11) is -2.26. The number of aliphatic hydroxyl groups excluding tert-OH is 1. The highest BCUT2D eigenvalue weighted by Crippen LogP contribution is 2.22. The number of nitrogens with one attached hydrogen (secondary N) is 1. The summed E-state index contributed by atoms with van der Waals surface area (Å²) in [5.74, 6) is 0.652. The molecule has 0 amide bonds. The Labute approximate surface area is 126 Å². The molecule has 0 aliphatic rings. The predicted octanol–water partition coefficient (Wildman–Crippen LogP) is 1.07. The van der Waals surface area contributed by atoms with Crippen molar-refractivity contribution >= 4 is 10.0 Å². The average molecular weight is 317 g/mol. The molecule has 1 atom stereocenters. The third-order valence-electron chi connectivity index (χ3n) is 2.73. The van der Waals surface area contributed by atoms with E-state index >= 15 is 0 Å². The average Bonchev–Trinajstić information content (AvgIpc) is 2.39. The second kappa shape index (κ2) is 7.74. The highest BCUT2D eigenvalue weighted by atomic mass is 32.2. The Kier molecular flexibility index (Phi) is 6.60. The third kappa shape index (κ3) is 5.28. The third-order valence-corrected chi connectivity index (χ3v) is 4.25. The molecule has 0 aliphatic heterocycles. The van der Waals surface area contributed by atoms with Crippen LogP contribution in [0, 0.1) is 6.92 Å². The van der Waals surface area contributed by atoms with Gasteiger partial charge in [-0.05, 0) is 44.5 Å². The second-order valence-corrected chi connectivity index (χ2v) is 6.76. The van der Waals surface area contributed by atoms with Gasteiger partial charge in [-0.1, -0.05) is 0 Å². The van der Waals surface area contributed by atoms with Crippen LogP contribution >= 0.6 is 0 Å². The van der Waals surface area contributed by atoms with E-state index in [0.717, 1.165) is 5.56 Å². The van der Waals surface area contributed by atoms with Crippen molar-refractivity contribution in [2.24, 2.45) is 0 Å². The van der Waals surface area contributed by atoms with Crippen molar-refractivity contribution in [2.45, 2.75) is 37.8 Å². The van der Waals surface area contributed by atoms with Crippen LogP contribution in [0.4, 0.5) is 0 Å². The first kappa shape index (κ1) is 17.9. The van der Waals surface area contributed by atoms with Gasteiger partial charge in [-0.15, -0.1) is 0 Å². The molecule has 0 spiro atoms. The molecular formula is C14H23NO5S. The number of methoxy groups -OCH3 is 1. The summed E-state index contributed by atoms with van der Waals surface area (Å²) in [5, 5.41) is 9.14. The van der Waals surface area contributed by atoms with E-state index in [0.29, 0.717) is 5.75 Å². The second-order valence-electron chi connectivity index (χ2n) is 5.05. The molecule has 21 heavy (non-hydrogen) atoms. The number of sulfonamides is 1. The molecule has 1 aromatic rings. The maximum Gasteiger partial charge on any atom is 0.240 e. The minimum atomic E-state index is -3.71. The van der Waals surface area contributed by atoms with E-state index in [9.17, 15) is 8.42 Å². The lowest BCUT2D eigenvalue weighted by atomic mass is 10.2. The molecule has 0 heterocycles. The Balaban J connectivity index is 2.96. The van der Waals surface area contributed by atoms with E-state index in [1.807, 2.05) is 13.8 Å². The van der Waals surface area contributed by atoms with Crippen LogP contribution in [0.3, 0.4) is 0 Å². The number of aliphatic hydroxyl groups is 1. The summed E-state index contributed by atoms with van der Waals surface area (Å²) in [4.78, 5) is 0.130. The zero-order chi connectivity index (χ0) is 16.0. The summed E-state index contributed by atoms with van der Waals surface area (Å²) < 4.78 is 37.3. The lowest BCUT2D eigenvalue weighted by molar-refractivity contribution is 0.139. The molecule has 1 rings (SSSR count). The van der Waals surface area contributed by atoms with Crippen molar-refractivity contribution < 1.29 is 23.0 Å². The molecule has 0 saturated heterocycles. The Morgan fingerprint density at radius 1 is 1.33 bits per heavy atom. The number of benzene rings is 1. The van der Waals surface area contributed by atoms with E-state index < -0.39 is 16.1 Å². The summed E-state index contributed by atoms with van der Waals surface area (Å²) in [6.45, 7) is 5.36. The number of hydrogen-bond acceptors (Lipinski definition) is 5. The quantitative estimate of drug-likeness (QED) is 0.749. The number of aryl methyl sites for hydroxylation is 1. The molecule has 120 valence electrons. The molecule has 0 fully saturated rings. The van der Waals surface area contributed by atoms with Crippen LogP contribution in [0.2, 0.25) is 0 Å². The van der Waals surface area contributed by atoms with Crippen LogP contribution in [0.25, 0.3) is 0 Å². The molecule has 0 aliphatic carbocycles. The van der Waals surface area contributed by atoms with Crippen molar-refractivity contribution in [1.29, 1.82) is 0 Å². The largest absolute Gasteiger partial charge is 0.491 e. The van der Waals surface area contributed by atoms with E-state index in [4.69, 9.17) is 14.6 Å². The Bertz CT molecular complexity index is 556. The van der Waals surface area contributed by atoms with E-state index in [1.54, 1.807) is 19.1 Å². The topological polar surface area (TPSA) is 84.9 Å². The molecular weight excluding hydrogens is 294 g/mol. The summed E-state index contributed by atoms with van der Waals surface area (Å²) in [6.07, 6.45) is 0.0183. The van der Waals surface area contributed by atoms with Crippen molar-refractivity contribution in [3.05, 3.63) is 23.8 Å². The van der Waals surface area contributed by atoms with Gasteiger partial charge in [0.2, 0.25) is 10.0 Å². The van der Waals surface area contributed by atoms with E-state index in [-0.39, 0.29) is 24.2 Å². The van der Waals surface area contributed by atoms with Crippen LogP contribution in [-0.2, 0) is 14.8 Å². The van der Waals surface area contributed by atoms with E-state index in [1.165, 1.54) is 13.2 Å². The van der Waals surface area contributed by atoms with Gasteiger partial charge in [0.15, 0.2) is 0 Å². The molecule has 2 N–H and O–H groups in total. The lowest BCUT2D eigenvalue weighted by Gasteiger charge is -2.17. The highest BCUT2D eigenvalue weighted by molar-refractivity contribution is 7.89. The Hall–Kier alpha value is -1.15. The standard InChI is InChI=1S/C14H23NO5S/c1-10(2)20-14-6-5-13(7-11(14)3)21(17,18)15-12(8-16)9-19-4/h5-7,10,12,15-16H,8-9H2,1-4H3. The fourth-order valence-electron chi connectivity index (χ4n) is 1.79. The first-order valence-electron chi connectivity index (χ1n) is 6.69. The highest BCUT2D eigenvalue weighted by Gasteiger charge is 2.20. The van der Waals surface area contributed by atoms with Gasteiger partial charge in [-0.25, -0.2) is 13.1 Å². The fourth-order valence-corrected chi connectivity index (χ4v) is 3.08. The van der Waals surface area contributed by atoms with Crippen LogP contribution in [0.15, 0.2) is 23.1 Å². The molecule has 0 saturated carbocycles. The van der Waals surface area contributed by atoms with Crippen LogP contribution in [0.1, 0.15) is 19.4 Å². The van der Waals surface area contributed by atoms with Gasteiger partial charge < -0.3 is 14.6 Å². The zero-order valence-electron chi connectivity index (χ0n) is 12.8. The van der Waals surface area contributed by atoms with E-state index in [2.05, 4.69) is 4.72 Å². The maximum absolute atomic E-state index is 12.2. The van der Waals surface area contributed by atoms with Gasteiger partial charge in [0, 0.05) is 7.11 Å². The van der Waals surface area contributed by atoms with Crippen LogP contribution in [-0.4, -0.2) is 46.0 Å². The molecule has 7 heteroatoms. The molecule has 0 bridgehead atoms. The fraction of sp³-hybridized carbons (Fsp3) is 0.571. The van der Waals surface area contributed by atoms with Crippen molar-refractivity contribution in [2.75, 3.05) is 20.3 Å². The summed E-state index contributed by atoms with van der Waals surface area (Å²) in [6, 6.07) is 3.98. The van der Waals surface area contributed by atoms with Gasteiger partial charge in [-0.2, -0.15) is 0 Å². The minimum absolute atomic E-state index is 0.0183. The summed E-state index contributed by atoms with van der Waals surface area (Å²) >= 11 is 0. The van der Waals surface area contributed by atoms with Gasteiger partial charge in [0.1, 0.15) is 5.75 Å². The summed E-state index contributed by atoms with van der Waals surface area (Å²) in [5.41, 5.74) is 0.735. The molecule has 0 radical (unpaired) electrons. The van der Waals surface area contributed by atoms with Crippen LogP contribution < -0.4 is 9.46 Å². The zero-order valence-corrected chi connectivity index (χ0v) is 13.6. The molecule has 0 aromatic heterocycles. The maximum atomic E-state index is 12.2. The van der Waals surface area contributed by atoms with Gasteiger partial charge >= 0.3 is 0 Å². The Morgan fingerprint density at radius 3 is 2.48 bits per heavy atom. The number of ether oxygens (including phenoxy) is 2. The predicted molar refractivity (Wildman–Crippen MR) is 80.0 cm³/mol. The first-order valence-corrected chi connectivity index (χ1v) is 8.18. The minimum Gasteiger partial charge on any atom is -0.491 e. The smallest absolute Gasteiger partial charge is 0.240 e. The van der Waals surface area contributed by atoms with Gasteiger partial charge in [0.25, 0.3) is 0 Å². The first-order chi connectivity index (χ1) is 9.80. The Morgan fingerprint density at radius 2 is 2.00 bits per heavy atom. The number of rotatable bonds is 8. The molecule has 1 unspecified atom stereocenters. The van der Waals surface area contributed by atoms with Crippen molar-refractivity contribution in [3.8, 4) is 5.75 Å². The van der Waals surface area contributed by atoms with Crippen molar-refractivity contribution in [3.63, 3.8) is 0 Å².